The minimum absolute atomic E-state index is 0.0545. The van der Waals surface area contributed by atoms with Crippen LogP contribution in [0.15, 0.2) is 22.7 Å². The number of halogens is 1. The zero-order chi connectivity index (χ0) is 16.9. The molecule has 2 aromatic rings. The summed E-state index contributed by atoms with van der Waals surface area (Å²) in [5, 5.41) is 6.86. The molecule has 130 valence electrons. The number of hydrogen-bond donors (Lipinski definition) is 1. The minimum atomic E-state index is 0.0545. The molecule has 2 aromatic heterocycles. The number of hydrogen-bond acceptors (Lipinski definition) is 6. The Kier molecular flexibility index (Phi) is 5.89. The molecule has 0 aromatic carbocycles. The number of nitrogens with one attached hydrogen (secondary N) is 1. The lowest BCUT2D eigenvalue weighted by Gasteiger charge is -2.33. The molecular weight excluding hydrogens is 348 g/mol. The SMILES string of the molecule is Cc1cc(CN2CCN(CC(=O)NCc3ccc(Cl)s3)CC2)on1. The molecule has 1 aliphatic rings. The fourth-order valence-corrected chi connectivity index (χ4v) is 3.74. The third-order valence-corrected chi connectivity index (χ3v) is 5.21. The van der Waals surface area contributed by atoms with Crippen LogP contribution in [-0.2, 0) is 17.9 Å². The van der Waals surface area contributed by atoms with Crippen LogP contribution in [-0.4, -0.2) is 53.6 Å². The molecule has 0 bridgehead atoms. The van der Waals surface area contributed by atoms with Crippen molar-refractivity contribution in [2.24, 2.45) is 0 Å². The zero-order valence-electron chi connectivity index (χ0n) is 13.6. The molecule has 1 saturated heterocycles. The summed E-state index contributed by atoms with van der Waals surface area (Å²) >= 11 is 7.38. The topological polar surface area (TPSA) is 61.6 Å². The van der Waals surface area contributed by atoms with Crippen LogP contribution in [0.3, 0.4) is 0 Å². The van der Waals surface area contributed by atoms with Crippen molar-refractivity contribution in [1.29, 1.82) is 0 Å². The summed E-state index contributed by atoms with van der Waals surface area (Å²) < 4.78 is 6.00. The van der Waals surface area contributed by atoms with Gasteiger partial charge in [-0.3, -0.25) is 14.6 Å². The molecule has 3 heterocycles. The number of piperazine rings is 1. The molecule has 0 aliphatic carbocycles. The first-order valence-electron chi connectivity index (χ1n) is 7.96. The van der Waals surface area contributed by atoms with Crippen molar-refractivity contribution >= 4 is 28.8 Å². The number of amides is 1. The van der Waals surface area contributed by atoms with Gasteiger partial charge < -0.3 is 9.84 Å². The van der Waals surface area contributed by atoms with E-state index < -0.39 is 0 Å². The van der Waals surface area contributed by atoms with Gasteiger partial charge in [-0.2, -0.15) is 0 Å². The Morgan fingerprint density at radius 1 is 1.33 bits per heavy atom. The van der Waals surface area contributed by atoms with E-state index in [0.717, 1.165) is 53.4 Å². The first-order chi connectivity index (χ1) is 11.6. The van der Waals surface area contributed by atoms with Crippen molar-refractivity contribution in [2.75, 3.05) is 32.7 Å². The molecule has 1 amide bonds. The number of rotatable bonds is 6. The van der Waals surface area contributed by atoms with Gasteiger partial charge in [0.05, 0.1) is 29.7 Å². The highest BCUT2D eigenvalue weighted by molar-refractivity contribution is 7.16. The van der Waals surface area contributed by atoms with E-state index in [1.807, 2.05) is 25.1 Å². The van der Waals surface area contributed by atoms with E-state index in [4.69, 9.17) is 16.1 Å². The van der Waals surface area contributed by atoms with E-state index in [0.29, 0.717) is 13.1 Å². The molecule has 3 rings (SSSR count). The second kappa shape index (κ2) is 8.11. The van der Waals surface area contributed by atoms with Crippen molar-refractivity contribution in [3.63, 3.8) is 0 Å². The van der Waals surface area contributed by atoms with Crippen LogP contribution in [0.4, 0.5) is 0 Å². The fraction of sp³-hybridized carbons (Fsp3) is 0.500. The van der Waals surface area contributed by atoms with Gasteiger partial charge in [-0.15, -0.1) is 11.3 Å². The first kappa shape index (κ1) is 17.4. The van der Waals surface area contributed by atoms with Gasteiger partial charge in [0.25, 0.3) is 0 Å². The molecule has 8 heteroatoms. The second-order valence-electron chi connectivity index (χ2n) is 5.97. The molecule has 1 aliphatic heterocycles. The maximum atomic E-state index is 12.0. The van der Waals surface area contributed by atoms with Crippen LogP contribution < -0.4 is 5.32 Å². The van der Waals surface area contributed by atoms with Gasteiger partial charge in [-0.25, -0.2) is 0 Å². The van der Waals surface area contributed by atoms with Crippen LogP contribution in [0.5, 0.6) is 0 Å². The van der Waals surface area contributed by atoms with E-state index in [1.54, 1.807) is 0 Å². The third-order valence-electron chi connectivity index (χ3n) is 3.98. The largest absolute Gasteiger partial charge is 0.360 e. The molecule has 1 fully saturated rings. The van der Waals surface area contributed by atoms with Crippen LogP contribution in [0.25, 0.3) is 0 Å². The molecule has 0 radical (unpaired) electrons. The predicted octanol–water partition coefficient (Wildman–Crippen LogP) is 2.13. The lowest BCUT2D eigenvalue weighted by molar-refractivity contribution is -0.122. The predicted molar refractivity (Wildman–Crippen MR) is 94.1 cm³/mol. The highest BCUT2D eigenvalue weighted by Gasteiger charge is 2.20. The number of aryl methyl sites for hydroxylation is 1. The summed E-state index contributed by atoms with van der Waals surface area (Å²) in [6.07, 6.45) is 0. The molecule has 6 nitrogen and oxygen atoms in total. The minimum Gasteiger partial charge on any atom is -0.360 e. The number of carbonyl (C=O) groups excluding carboxylic acids is 1. The number of thiophene rings is 1. The molecule has 0 saturated carbocycles. The van der Waals surface area contributed by atoms with E-state index in [2.05, 4.69) is 20.3 Å². The first-order valence-corrected chi connectivity index (χ1v) is 9.16. The molecular formula is C16H21ClN4O2S. The quantitative estimate of drug-likeness (QED) is 0.846. The van der Waals surface area contributed by atoms with Crippen LogP contribution in [0.2, 0.25) is 4.34 Å². The van der Waals surface area contributed by atoms with Crippen molar-refractivity contribution in [3.05, 3.63) is 38.9 Å². The highest BCUT2D eigenvalue weighted by atomic mass is 35.5. The maximum absolute atomic E-state index is 12.0. The Hall–Kier alpha value is -1.41. The molecule has 0 spiro atoms. The molecule has 24 heavy (non-hydrogen) atoms. The number of nitrogens with zero attached hydrogens (tertiary/aromatic N) is 3. The van der Waals surface area contributed by atoms with E-state index in [1.165, 1.54) is 11.3 Å². The van der Waals surface area contributed by atoms with Crippen molar-refractivity contribution in [3.8, 4) is 0 Å². The summed E-state index contributed by atoms with van der Waals surface area (Å²) in [5.41, 5.74) is 0.910. The van der Waals surface area contributed by atoms with E-state index in [9.17, 15) is 4.79 Å². The van der Waals surface area contributed by atoms with Gasteiger partial charge in [0, 0.05) is 37.1 Å². The summed E-state index contributed by atoms with van der Waals surface area (Å²) in [6, 6.07) is 5.76. The third kappa shape index (κ3) is 5.04. The van der Waals surface area contributed by atoms with E-state index >= 15 is 0 Å². The monoisotopic (exact) mass is 368 g/mol. The summed E-state index contributed by atoms with van der Waals surface area (Å²) in [4.78, 5) is 17.6. The van der Waals surface area contributed by atoms with Crippen molar-refractivity contribution < 1.29 is 9.32 Å². The van der Waals surface area contributed by atoms with Gasteiger partial charge in [0.15, 0.2) is 5.76 Å². The normalized spacial score (nSPS) is 16.4. The maximum Gasteiger partial charge on any atom is 0.234 e. The average Bonchev–Trinajstić information content (AvgIpc) is 3.16. The highest BCUT2D eigenvalue weighted by Crippen LogP contribution is 2.20. The van der Waals surface area contributed by atoms with Gasteiger partial charge in [0.1, 0.15) is 0 Å². The summed E-state index contributed by atoms with van der Waals surface area (Å²) in [7, 11) is 0. The Morgan fingerprint density at radius 3 is 2.71 bits per heavy atom. The molecule has 0 atom stereocenters. The van der Waals surface area contributed by atoms with Gasteiger partial charge >= 0.3 is 0 Å². The Balaban J connectivity index is 1.36. The zero-order valence-corrected chi connectivity index (χ0v) is 15.2. The molecule has 1 N–H and O–H groups in total. The summed E-state index contributed by atoms with van der Waals surface area (Å²) in [5.74, 6) is 0.951. The van der Waals surface area contributed by atoms with Crippen LogP contribution in [0.1, 0.15) is 16.3 Å². The van der Waals surface area contributed by atoms with Gasteiger partial charge in [-0.05, 0) is 19.1 Å². The van der Waals surface area contributed by atoms with E-state index in [-0.39, 0.29) is 5.91 Å². The van der Waals surface area contributed by atoms with Crippen molar-refractivity contribution in [2.45, 2.75) is 20.0 Å². The number of carbonyl (C=O) groups is 1. The average molecular weight is 369 g/mol. The summed E-state index contributed by atoms with van der Waals surface area (Å²) in [6.45, 7) is 7.29. The lowest BCUT2D eigenvalue weighted by atomic mass is 10.3. The van der Waals surface area contributed by atoms with Crippen LogP contribution >= 0.6 is 22.9 Å². The van der Waals surface area contributed by atoms with Gasteiger partial charge in [0.2, 0.25) is 5.91 Å². The second-order valence-corrected chi connectivity index (χ2v) is 7.77. The Bertz CT molecular complexity index is 679. The molecule has 0 unspecified atom stereocenters. The smallest absolute Gasteiger partial charge is 0.234 e. The lowest BCUT2D eigenvalue weighted by Crippen LogP contribution is -2.49. The Labute approximate surface area is 150 Å². The van der Waals surface area contributed by atoms with Gasteiger partial charge in [-0.1, -0.05) is 16.8 Å². The van der Waals surface area contributed by atoms with Crippen LogP contribution in [0, 0.1) is 6.92 Å². The fourth-order valence-electron chi connectivity index (χ4n) is 2.71. The number of aromatic nitrogens is 1. The van der Waals surface area contributed by atoms with Crippen molar-refractivity contribution in [1.82, 2.24) is 20.3 Å². The standard InChI is InChI=1S/C16H21ClN4O2S/c1-12-8-13(23-19-12)10-20-4-6-21(7-5-20)11-16(22)18-9-14-2-3-15(17)24-14/h2-3,8H,4-7,9-11H2,1H3,(H,18,22). The Morgan fingerprint density at radius 2 is 2.08 bits per heavy atom.